The second-order valence-electron chi connectivity index (χ2n) is 6.44. The number of carbonyl (C=O) groups is 1. The van der Waals surface area contributed by atoms with E-state index in [1.54, 1.807) is 0 Å². The first-order valence-electron chi connectivity index (χ1n) is 7.56. The summed E-state index contributed by atoms with van der Waals surface area (Å²) in [5, 5.41) is 3.47. The lowest BCUT2D eigenvalue weighted by molar-refractivity contribution is -0.134. The van der Waals surface area contributed by atoms with Crippen molar-refractivity contribution in [2.45, 2.75) is 13.0 Å². The van der Waals surface area contributed by atoms with Crippen molar-refractivity contribution in [3.63, 3.8) is 0 Å². The molecule has 5 heteroatoms. The number of piperazine rings is 1. The average molecular weight is 266 g/mol. The molecule has 0 aromatic rings. The highest BCUT2D eigenvalue weighted by molar-refractivity contribution is 5.78. The molecule has 3 saturated heterocycles. The largest absolute Gasteiger partial charge is 0.339 e. The Bertz CT molecular complexity index is 340. The fourth-order valence-electron chi connectivity index (χ4n) is 3.79. The Kier molecular flexibility index (Phi) is 3.78. The molecule has 3 fully saturated rings. The lowest BCUT2D eigenvalue weighted by atomic mass is 9.95. The molecule has 0 spiro atoms. The normalized spacial score (nSPS) is 36.7. The van der Waals surface area contributed by atoms with E-state index in [2.05, 4.69) is 29.1 Å². The van der Waals surface area contributed by atoms with Gasteiger partial charge in [0, 0.05) is 38.8 Å². The maximum Gasteiger partial charge on any atom is 0.236 e. The first-order chi connectivity index (χ1) is 9.15. The number of carbonyl (C=O) groups excluding carboxylic acids is 1. The van der Waals surface area contributed by atoms with Crippen molar-refractivity contribution in [2.24, 2.45) is 11.8 Å². The van der Waals surface area contributed by atoms with E-state index < -0.39 is 0 Å². The van der Waals surface area contributed by atoms with Crippen molar-refractivity contribution in [3.8, 4) is 0 Å². The number of fused-ring (bicyclic) bond motifs is 1. The Morgan fingerprint density at radius 3 is 2.63 bits per heavy atom. The van der Waals surface area contributed by atoms with E-state index in [-0.39, 0.29) is 0 Å². The van der Waals surface area contributed by atoms with E-state index in [9.17, 15) is 4.79 Å². The highest BCUT2D eigenvalue weighted by Crippen LogP contribution is 2.31. The van der Waals surface area contributed by atoms with Crippen LogP contribution >= 0.6 is 0 Å². The van der Waals surface area contributed by atoms with Gasteiger partial charge in [0.25, 0.3) is 0 Å². The van der Waals surface area contributed by atoms with Crippen molar-refractivity contribution in [1.82, 2.24) is 20.0 Å². The SMILES string of the molecule is CC1C2CNCC2CN1CC(=O)N1CCN(C)CC1. The van der Waals surface area contributed by atoms with E-state index in [4.69, 9.17) is 0 Å². The number of nitrogens with one attached hydrogen (secondary N) is 1. The molecule has 19 heavy (non-hydrogen) atoms. The van der Waals surface area contributed by atoms with Crippen molar-refractivity contribution >= 4 is 5.91 Å². The van der Waals surface area contributed by atoms with Crippen molar-refractivity contribution in [2.75, 3.05) is 59.4 Å². The first-order valence-corrected chi connectivity index (χ1v) is 7.56. The number of hydrogen-bond donors (Lipinski definition) is 1. The van der Waals surface area contributed by atoms with Gasteiger partial charge in [-0.25, -0.2) is 0 Å². The zero-order chi connectivity index (χ0) is 13.4. The van der Waals surface area contributed by atoms with Crippen LogP contribution in [-0.2, 0) is 4.79 Å². The van der Waals surface area contributed by atoms with Crippen LogP contribution in [0.2, 0.25) is 0 Å². The van der Waals surface area contributed by atoms with Crippen LogP contribution in [0.3, 0.4) is 0 Å². The van der Waals surface area contributed by atoms with Gasteiger partial charge >= 0.3 is 0 Å². The van der Waals surface area contributed by atoms with Crippen LogP contribution < -0.4 is 5.32 Å². The van der Waals surface area contributed by atoms with Gasteiger partial charge in [-0.15, -0.1) is 0 Å². The Morgan fingerprint density at radius 1 is 1.21 bits per heavy atom. The minimum Gasteiger partial charge on any atom is -0.339 e. The Labute approximate surface area is 115 Å². The topological polar surface area (TPSA) is 38.8 Å². The summed E-state index contributed by atoms with van der Waals surface area (Å²) in [6.45, 7) is 10.1. The van der Waals surface area contributed by atoms with E-state index in [1.165, 1.54) is 0 Å². The number of hydrogen-bond acceptors (Lipinski definition) is 4. The van der Waals surface area contributed by atoms with Gasteiger partial charge in [0.1, 0.15) is 0 Å². The molecule has 3 aliphatic heterocycles. The summed E-state index contributed by atoms with van der Waals surface area (Å²) in [6.07, 6.45) is 0. The predicted octanol–water partition coefficient (Wildman–Crippen LogP) is -0.700. The van der Waals surface area contributed by atoms with Gasteiger partial charge in [0.15, 0.2) is 0 Å². The van der Waals surface area contributed by atoms with Crippen LogP contribution in [0.1, 0.15) is 6.92 Å². The van der Waals surface area contributed by atoms with Crippen molar-refractivity contribution in [3.05, 3.63) is 0 Å². The van der Waals surface area contributed by atoms with Crippen LogP contribution in [0.4, 0.5) is 0 Å². The summed E-state index contributed by atoms with van der Waals surface area (Å²) >= 11 is 0. The molecule has 3 unspecified atom stereocenters. The molecule has 0 aromatic heterocycles. The molecule has 3 aliphatic rings. The molecule has 0 radical (unpaired) electrons. The van der Waals surface area contributed by atoms with Crippen LogP contribution in [0.5, 0.6) is 0 Å². The summed E-state index contributed by atoms with van der Waals surface area (Å²) in [5.41, 5.74) is 0. The average Bonchev–Trinajstić information content (AvgIpc) is 2.95. The summed E-state index contributed by atoms with van der Waals surface area (Å²) < 4.78 is 0. The van der Waals surface area contributed by atoms with E-state index in [0.717, 1.165) is 57.6 Å². The lowest BCUT2D eigenvalue weighted by Crippen LogP contribution is -2.50. The third-order valence-corrected chi connectivity index (χ3v) is 5.25. The molecule has 108 valence electrons. The Balaban J connectivity index is 1.52. The fourth-order valence-corrected chi connectivity index (χ4v) is 3.79. The molecule has 5 nitrogen and oxygen atoms in total. The van der Waals surface area contributed by atoms with Crippen LogP contribution in [-0.4, -0.2) is 86.1 Å². The summed E-state index contributed by atoms with van der Waals surface area (Å²) in [4.78, 5) is 19.1. The van der Waals surface area contributed by atoms with E-state index in [0.29, 0.717) is 18.5 Å². The minimum atomic E-state index is 0.327. The highest BCUT2D eigenvalue weighted by atomic mass is 16.2. The van der Waals surface area contributed by atoms with Crippen LogP contribution in [0.25, 0.3) is 0 Å². The first kappa shape index (κ1) is 13.3. The Hall–Kier alpha value is -0.650. The predicted molar refractivity (Wildman–Crippen MR) is 75.0 cm³/mol. The zero-order valence-corrected chi connectivity index (χ0v) is 12.1. The third kappa shape index (κ3) is 2.64. The van der Waals surface area contributed by atoms with Gasteiger partial charge in [-0.1, -0.05) is 0 Å². The molecule has 3 atom stereocenters. The van der Waals surface area contributed by atoms with Gasteiger partial charge < -0.3 is 15.1 Å². The molecule has 0 bridgehead atoms. The maximum atomic E-state index is 12.4. The quantitative estimate of drug-likeness (QED) is 0.717. The molecule has 0 aromatic carbocycles. The molecule has 0 aliphatic carbocycles. The standard InChI is InChI=1S/C14H26N4O/c1-11-13-8-15-7-12(13)9-18(11)10-14(19)17-5-3-16(2)4-6-17/h11-13,15H,3-10H2,1-2H3. The van der Waals surface area contributed by atoms with Crippen molar-refractivity contribution in [1.29, 1.82) is 0 Å². The molecule has 1 N–H and O–H groups in total. The monoisotopic (exact) mass is 266 g/mol. The van der Waals surface area contributed by atoms with E-state index in [1.807, 2.05) is 4.90 Å². The van der Waals surface area contributed by atoms with Crippen LogP contribution in [0.15, 0.2) is 0 Å². The molecule has 3 rings (SSSR count). The number of likely N-dealkylation sites (tertiary alicyclic amines) is 1. The summed E-state index contributed by atoms with van der Waals surface area (Å²) in [6, 6.07) is 0.552. The van der Waals surface area contributed by atoms with E-state index >= 15 is 0 Å². The molecule has 3 heterocycles. The highest BCUT2D eigenvalue weighted by Gasteiger charge is 2.42. The van der Waals surface area contributed by atoms with Gasteiger partial charge in [-0.2, -0.15) is 0 Å². The van der Waals surface area contributed by atoms with Crippen LogP contribution in [0, 0.1) is 11.8 Å². The van der Waals surface area contributed by atoms with Gasteiger partial charge in [0.2, 0.25) is 5.91 Å². The smallest absolute Gasteiger partial charge is 0.236 e. The zero-order valence-electron chi connectivity index (χ0n) is 12.1. The number of amides is 1. The molecule has 0 saturated carbocycles. The van der Waals surface area contributed by atoms with Gasteiger partial charge in [-0.3, -0.25) is 9.69 Å². The Morgan fingerprint density at radius 2 is 1.95 bits per heavy atom. The summed E-state index contributed by atoms with van der Waals surface area (Å²) in [5.74, 6) is 1.84. The minimum absolute atomic E-state index is 0.327. The molecular weight excluding hydrogens is 240 g/mol. The number of rotatable bonds is 2. The fraction of sp³-hybridized carbons (Fsp3) is 0.929. The second-order valence-corrected chi connectivity index (χ2v) is 6.44. The second kappa shape index (κ2) is 5.38. The van der Waals surface area contributed by atoms with Gasteiger partial charge in [-0.05, 0) is 38.9 Å². The number of likely N-dealkylation sites (N-methyl/N-ethyl adjacent to an activating group) is 1. The lowest BCUT2D eigenvalue weighted by Gasteiger charge is -2.34. The third-order valence-electron chi connectivity index (χ3n) is 5.25. The summed E-state index contributed by atoms with van der Waals surface area (Å²) in [7, 11) is 2.12. The van der Waals surface area contributed by atoms with Gasteiger partial charge in [0.05, 0.1) is 6.54 Å². The molecular formula is C14H26N4O. The van der Waals surface area contributed by atoms with Crippen molar-refractivity contribution < 1.29 is 4.79 Å². The maximum absolute atomic E-state index is 12.4. The number of nitrogens with zero attached hydrogens (tertiary/aromatic N) is 3. The molecule has 1 amide bonds.